The van der Waals surface area contributed by atoms with Gasteiger partial charge in [-0.15, -0.1) is 0 Å². The van der Waals surface area contributed by atoms with E-state index in [0.717, 1.165) is 0 Å². The van der Waals surface area contributed by atoms with Crippen LogP contribution in [0.25, 0.3) is 0 Å². The number of piperidine rings is 1. The highest BCUT2D eigenvalue weighted by Gasteiger charge is 2.34. The monoisotopic (exact) mass is 366 g/mol. The highest BCUT2D eigenvalue weighted by atomic mass is 79.9. The number of nitrogens with two attached hydrogens (primary N) is 1. The number of hydrogen-bond donors (Lipinski definition) is 1. The van der Waals surface area contributed by atoms with E-state index >= 15 is 0 Å². The van der Waals surface area contributed by atoms with Crippen LogP contribution >= 0.6 is 27.5 Å². The molecular weight excluding hydrogens is 352 g/mol. The molecule has 0 unspecified atom stereocenters. The second-order valence-corrected chi connectivity index (χ2v) is 8.01. The van der Waals surface area contributed by atoms with Crippen molar-refractivity contribution in [3.8, 4) is 0 Å². The largest absolute Gasteiger partial charge is 0.328 e. The molecule has 0 spiro atoms. The lowest BCUT2D eigenvalue weighted by Crippen LogP contribution is -2.48. The van der Waals surface area contributed by atoms with Gasteiger partial charge in [0.2, 0.25) is 10.0 Å². The highest BCUT2D eigenvalue weighted by molar-refractivity contribution is 9.10. The third kappa shape index (κ3) is 3.13. The molecule has 2 N–H and O–H groups in total. The summed E-state index contributed by atoms with van der Waals surface area (Å²) in [4.78, 5) is 0.144. The summed E-state index contributed by atoms with van der Waals surface area (Å²) in [6.45, 7) is 2.32. The Balaban J connectivity index is 2.39. The van der Waals surface area contributed by atoms with Gasteiger partial charge in [0, 0.05) is 23.1 Å². The molecule has 7 heteroatoms. The molecule has 0 bridgehead atoms. The second kappa shape index (κ2) is 5.69. The number of benzene rings is 1. The summed E-state index contributed by atoms with van der Waals surface area (Å²) >= 11 is 9.30. The quantitative estimate of drug-likeness (QED) is 0.874. The van der Waals surface area contributed by atoms with Gasteiger partial charge in [0.1, 0.15) is 4.90 Å². The molecule has 2 rings (SSSR count). The van der Waals surface area contributed by atoms with E-state index in [1.165, 1.54) is 4.31 Å². The minimum absolute atomic E-state index is 0.0689. The van der Waals surface area contributed by atoms with Crippen molar-refractivity contribution in [2.75, 3.05) is 6.54 Å². The van der Waals surface area contributed by atoms with E-state index in [1.807, 2.05) is 6.92 Å². The topological polar surface area (TPSA) is 63.4 Å². The predicted octanol–water partition coefficient (Wildman–Crippen LogP) is 2.60. The van der Waals surface area contributed by atoms with Gasteiger partial charge in [0.25, 0.3) is 0 Å². The van der Waals surface area contributed by atoms with Crippen molar-refractivity contribution in [3.05, 3.63) is 27.7 Å². The number of hydrogen-bond acceptors (Lipinski definition) is 3. The lowest BCUT2D eigenvalue weighted by molar-refractivity contribution is 0.247. The van der Waals surface area contributed by atoms with Crippen LogP contribution in [0, 0.1) is 0 Å². The zero-order valence-corrected chi connectivity index (χ0v) is 13.7. The molecule has 1 aromatic carbocycles. The maximum atomic E-state index is 12.7. The fourth-order valence-corrected chi connectivity index (χ4v) is 5.02. The van der Waals surface area contributed by atoms with E-state index in [9.17, 15) is 8.42 Å². The smallest absolute Gasteiger partial charge is 0.244 e. The Hall–Kier alpha value is -0.140. The molecule has 0 aliphatic carbocycles. The maximum absolute atomic E-state index is 12.7. The molecule has 1 fully saturated rings. The van der Waals surface area contributed by atoms with Gasteiger partial charge in [-0.1, -0.05) is 27.5 Å². The van der Waals surface area contributed by atoms with Crippen molar-refractivity contribution < 1.29 is 8.42 Å². The third-order valence-corrected chi connectivity index (χ3v) is 6.32. The van der Waals surface area contributed by atoms with E-state index in [-0.39, 0.29) is 22.0 Å². The molecule has 1 aliphatic heterocycles. The van der Waals surface area contributed by atoms with Crippen molar-refractivity contribution in [2.45, 2.75) is 36.7 Å². The van der Waals surface area contributed by atoms with Gasteiger partial charge in [-0.2, -0.15) is 4.31 Å². The molecule has 2 atom stereocenters. The van der Waals surface area contributed by atoms with Crippen LogP contribution in [0.2, 0.25) is 5.02 Å². The molecule has 0 radical (unpaired) electrons. The first kappa shape index (κ1) is 15.3. The minimum Gasteiger partial charge on any atom is -0.328 e. The average molecular weight is 368 g/mol. The Labute approximate surface area is 127 Å². The Kier molecular flexibility index (Phi) is 4.57. The molecule has 4 nitrogen and oxygen atoms in total. The molecule has 1 heterocycles. The molecule has 19 heavy (non-hydrogen) atoms. The van der Waals surface area contributed by atoms with Gasteiger partial charge in [-0.25, -0.2) is 8.42 Å². The summed E-state index contributed by atoms with van der Waals surface area (Å²) in [5.74, 6) is 0. The van der Waals surface area contributed by atoms with Gasteiger partial charge in [0.15, 0.2) is 0 Å². The number of nitrogens with zero attached hydrogens (tertiary/aromatic N) is 1. The van der Waals surface area contributed by atoms with Gasteiger partial charge in [-0.05, 0) is 38.0 Å². The first-order valence-corrected chi connectivity index (χ1v) is 8.66. The lowest BCUT2D eigenvalue weighted by atomic mass is 10.0. The average Bonchev–Trinajstić information content (AvgIpc) is 2.31. The molecule has 1 aromatic rings. The van der Waals surface area contributed by atoms with Gasteiger partial charge in [0.05, 0.1) is 5.02 Å². The molecule has 106 valence electrons. The fourth-order valence-electron chi connectivity index (χ4n) is 2.35. The summed E-state index contributed by atoms with van der Waals surface area (Å²) in [6.07, 6.45) is 1.35. The molecule has 1 saturated heterocycles. The molecule has 0 amide bonds. The maximum Gasteiger partial charge on any atom is 0.244 e. The van der Waals surface area contributed by atoms with Gasteiger partial charge >= 0.3 is 0 Å². The van der Waals surface area contributed by atoms with E-state index in [4.69, 9.17) is 17.3 Å². The second-order valence-electron chi connectivity index (χ2n) is 4.82. The minimum atomic E-state index is -3.57. The van der Waals surface area contributed by atoms with Gasteiger partial charge in [-0.3, -0.25) is 0 Å². The molecular formula is C12H16BrClN2O2S. The van der Waals surface area contributed by atoms with Crippen molar-refractivity contribution in [1.29, 1.82) is 0 Å². The summed E-state index contributed by atoms with van der Waals surface area (Å²) in [6, 6.07) is 4.80. The van der Waals surface area contributed by atoms with Crippen LogP contribution in [0.15, 0.2) is 27.6 Å². The predicted molar refractivity (Wildman–Crippen MR) is 79.7 cm³/mol. The lowest BCUT2D eigenvalue weighted by Gasteiger charge is -2.35. The van der Waals surface area contributed by atoms with Crippen molar-refractivity contribution in [3.63, 3.8) is 0 Å². The van der Waals surface area contributed by atoms with E-state index in [2.05, 4.69) is 15.9 Å². The van der Waals surface area contributed by atoms with E-state index < -0.39 is 10.0 Å². The zero-order chi connectivity index (χ0) is 14.2. The fraction of sp³-hybridized carbons (Fsp3) is 0.500. The number of rotatable bonds is 2. The first-order valence-electron chi connectivity index (χ1n) is 6.05. The normalized spacial score (nSPS) is 25.5. The summed E-state index contributed by atoms with van der Waals surface area (Å²) in [5.41, 5.74) is 5.87. The third-order valence-electron chi connectivity index (χ3n) is 3.34. The van der Waals surface area contributed by atoms with Crippen LogP contribution in [0.1, 0.15) is 19.8 Å². The number of halogens is 2. The SMILES string of the molecule is C[C@H]1C[C@@H](N)CCN1S(=O)(=O)c1cc(Br)ccc1Cl. The van der Waals surface area contributed by atoms with E-state index in [1.54, 1.807) is 18.2 Å². The van der Waals surface area contributed by atoms with Crippen molar-refractivity contribution >= 4 is 37.6 Å². The van der Waals surface area contributed by atoms with Crippen LogP contribution in [0.3, 0.4) is 0 Å². The Morgan fingerprint density at radius 1 is 1.47 bits per heavy atom. The first-order chi connectivity index (χ1) is 8.82. The summed E-state index contributed by atoms with van der Waals surface area (Å²) in [7, 11) is -3.57. The van der Waals surface area contributed by atoms with Crippen LogP contribution in [0.4, 0.5) is 0 Å². The van der Waals surface area contributed by atoms with Crippen LogP contribution < -0.4 is 5.73 Å². The van der Waals surface area contributed by atoms with Gasteiger partial charge < -0.3 is 5.73 Å². The standard InChI is InChI=1S/C12H16BrClN2O2S/c1-8-6-10(15)4-5-16(8)19(17,18)12-7-9(13)2-3-11(12)14/h2-3,7-8,10H,4-6,15H2,1H3/t8-,10-/m0/s1. The van der Waals surface area contributed by atoms with E-state index in [0.29, 0.717) is 23.9 Å². The summed E-state index contributed by atoms with van der Waals surface area (Å²) in [5, 5.41) is 0.241. The molecule has 0 aromatic heterocycles. The van der Waals surface area contributed by atoms with Crippen molar-refractivity contribution in [2.24, 2.45) is 5.73 Å². The van der Waals surface area contributed by atoms with Crippen LogP contribution in [0.5, 0.6) is 0 Å². The summed E-state index contributed by atoms with van der Waals surface area (Å²) < 4.78 is 27.5. The van der Waals surface area contributed by atoms with Crippen LogP contribution in [-0.2, 0) is 10.0 Å². The molecule has 0 saturated carbocycles. The Bertz CT molecular complexity index is 579. The molecule has 1 aliphatic rings. The van der Waals surface area contributed by atoms with Crippen LogP contribution in [-0.4, -0.2) is 31.4 Å². The number of sulfonamides is 1. The Morgan fingerprint density at radius 2 is 2.16 bits per heavy atom. The highest BCUT2D eigenvalue weighted by Crippen LogP contribution is 2.31. The zero-order valence-electron chi connectivity index (χ0n) is 10.5. The Morgan fingerprint density at radius 3 is 2.79 bits per heavy atom. The van der Waals surface area contributed by atoms with Crippen molar-refractivity contribution in [1.82, 2.24) is 4.31 Å².